The van der Waals surface area contributed by atoms with Gasteiger partial charge in [-0.05, 0) is 57.5 Å². The van der Waals surface area contributed by atoms with Gasteiger partial charge in [-0.1, -0.05) is 24.3 Å². The zero-order valence-corrected chi connectivity index (χ0v) is 22.6. The predicted octanol–water partition coefficient (Wildman–Crippen LogP) is 4.32. The maximum atomic E-state index is 12.4. The molecule has 1 unspecified atom stereocenters. The fraction of sp³-hybridized carbons (Fsp3) is 0.440. The largest absolute Gasteiger partial charge is 0.493 e. The molecular formula is C25H37IN4O3. The van der Waals surface area contributed by atoms with Gasteiger partial charge in [-0.25, -0.2) is 4.99 Å². The van der Waals surface area contributed by atoms with Gasteiger partial charge in [0.2, 0.25) is 0 Å². The van der Waals surface area contributed by atoms with Crippen LogP contribution in [-0.4, -0.2) is 56.2 Å². The van der Waals surface area contributed by atoms with E-state index in [1.165, 1.54) is 0 Å². The van der Waals surface area contributed by atoms with Crippen molar-refractivity contribution in [1.29, 1.82) is 0 Å². The number of nitrogens with one attached hydrogen (secondary N) is 2. The van der Waals surface area contributed by atoms with Crippen molar-refractivity contribution >= 4 is 35.8 Å². The van der Waals surface area contributed by atoms with E-state index in [4.69, 9.17) is 9.47 Å². The topological polar surface area (TPSA) is 75.2 Å². The molecule has 1 atom stereocenters. The van der Waals surface area contributed by atoms with Crippen molar-refractivity contribution in [1.82, 2.24) is 15.5 Å². The monoisotopic (exact) mass is 568 g/mol. The summed E-state index contributed by atoms with van der Waals surface area (Å²) < 4.78 is 11.3. The van der Waals surface area contributed by atoms with Gasteiger partial charge < -0.3 is 25.0 Å². The molecule has 0 spiro atoms. The van der Waals surface area contributed by atoms with Crippen molar-refractivity contribution in [3.8, 4) is 11.5 Å². The summed E-state index contributed by atoms with van der Waals surface area (Å²) in [6.45, 7) is 11.3. The zero-order valence-electron chi connectivity index (χ0n) is 20.3. The Labute approximate surface area is 215 Å². The van der Waals surface area contributed by atoms with Crippen molar-refractivity contribution in [2.75, 3.05) is 33.3 Å². The fourth-order valence-corrected chi connectivity index (χ4v) is 3.17. The number of carbonyl (C=O) groups is 1. The molecule has 0 fully saturated rings. The van der Waals surface area contributed by atoms with Gasteiger partial charge in [0.05, 0.1) is 20.2 Å². The smallest absolute Gasteiger partial charge is 0.253 e. The van der Waals surface area contributed by atoms with Crippen molar-refractivity contribution in [3.05, 3.63) is 59.7 Å². The van der Waals surface area contributed by atoms with E-state index in [0.717, 1.165) is 12.1 Å². The third-order valence-electron chi connectivity index (χ3n) is 4.97. The van der Waals surface area contributed by atoms with E-state index in [-0.39, 0.29) is 36.0 Å². The number of aliphatic imine (C=N–C) groups is 1. The Morgan fingerprint density at radius 1 is 1.00 bits per heavy atom. The van der Waals surface area contributed by atoms with E-state index in [1.807, 2.05) is 81.1 Å². The minimum atomic E-state index is -0.0828. The molecular weight excluding hydrogens is 531 g/mol. The number of guanidine groups is 1. The van der Waals surface area contributed by atoms with Gasteiger partial charge in [0, 0.05) is 25.2 Å². The Bertz CT molecular complexity index is 870. The first-order valence-corrected chi connectivity index (χ1v) is 11.2. The molecule has 2 aromatic rings. The Morgan fingerprint density at radius 2 is 1.64 bits per heavy atom. The van der Waals surface area contributed by atoms with Crippen LogP contribution in [-0.2, 0) is 6.54 Å². The summed E-state index contributed by atoms with van der Waals surface area (Å²) in [5.74, 6) is 2.20. The van der Waals surface area contributed by atoms with E-state index >= 15 is 0 Å². The third-order valence-corrected chi connectivity index (χ3v) is 4.97. The molecule has 1 amide bonds. The average Bonchev–Trinajstić information content (AvgIpc) is 2.82. The molecule has 0 aliphatic carbocycles. The van der Waals surface area contributed by atoms with Crippen LogP contribution in [0.25, 0.3) is 0 Å². The van der Waals surface area contributed by atoms with Crippen LogP contribution in [0.1, 0.15) is 43.6 Å². The third kappa shape index (κ3) is 9.11. The number of nitrogens with zero attached hydrogens (tertiary/aromatic N) is 2. The molecule has 0 saturated carbocycles. The molecule has 0 bridgehead atoms. The summed E-state index contributed by atoms with van der Waals surface area (Å²) in [5.41, 5.74) is 1.74. The van der Waals surface area contributed by atoms with Crippen molar-refractivity contribution in [2.45, 2.75) is 40.3 Å². The summed E-state index contributed by atoms with van der Waals surface area (Å²) in [7, 11) is 1.63. The first-order valence-electron chi connectivity index (χ1n) is 11.2. The Kier molecular flexibility index (Phi) is 13.3. The van der Waals surface area contributed by atoms with Gasteiger partial charge in [0.25, 0.3) is 5.91 Å². The molecule has 2 rings (SSSR count). The first kappa shape index (κ1) is 28.5. The normalized spacial score (nSPS) is 11.7. The number of methoxy groups -OCH3 is 1. The van der Waals surface area contributed by atoms with Crippen molar-refractivity contribution in [3.63, 3.8) is 0 Å². The van der Waals surface area contributed by atoms with E-state index in [2.05, 4.69) is 15.6 Å². The van der Waals surface area contributed by atoms with Crippen LogP contribution < -0.4 is 20.1 Å². The summed E-state index contributed by atoms with van der Waals surface area (Å²) in [6.07, 6.45) is -0.0828. The number of para-hydroxylation sites is 2. The number of hydrogen-bond donors (Lipinski definition) is 2. The molecule has 2 aromatic carbocycles. The van der Waals surface area contributed by atoms with Gasteiger partial charge >= 0.3 is 0 Å². The molecule has 182 valence electrons. The standard InChI is InChI=1S/C25H36N4O3.HI/c1-6-26-25(27-17-19(4)32-23-12-10-9-11-22(23)31-5)28-18-20-13-15-21(16-14-20)24(30)29(7-2)8-3;/h9-16,19H,6-8,17-18H2,1-5H3,(H2,26,27,28);1H. The van der Waals surface area contributed by atoms with Crippen LogP contribution in [0.15, 0.2) is 53.5 Å². The number of hydrogen-bond acceptors (Lipinski definition) is 4. The lowest BCUT2D eigenvalue weighted by atomic mass is 10.1. The number of rotatable bonds is 11. The van der Waals surface area contributed by atoms with Crippen molar-refractivity contribution < 1.29 is 14.3 Å². The molecule has 2 N–H and O–H groups in total. The average molecular weight is 569 g/mol. The van der Waals surface area contributed by atoms with E-state index in [1.54, 1.807) is 7.11 Å². The minimum Gasteiger partial charge on any atom is -0.493 e. The lowest BCUT2D eigenvalue weighted by Crippen LogP contribution is -2.41. The zero-order chi connectivity index (χ0) is 23.3. The molecule has 0 saturated heterocycles. The summed E-state index contributed by atoms with van der Waals surface area (Å²) in [5, 5.41) is 6.57. The Balaban J connectivity index is 0.00000544. The Hall–Kier alpha value is -2.49. The maximum Gasteiger partial charge on any atom is 0.253 e. The second kappa shape index (κ2) is 15.4. The second-order valence-electron chi connectivity index (χ2n) is 7.33. The number of carbonyl (C=O) groups excluding carboxylic acids is 1. The van der Waals surface area contributed by atoms with Crippen LogP contribution >= 0.6 is 24.0 Å². The molecule has 7 nitrogen and oxygen atoms in total. The quantitative estimate of drug-likeness (QED) is 0.240. The van der Waals surface area contributed by atoms with Gasteiger partial charge in [-0.15, -0.1) is 24.0 Å². The van der Waals surface area contributed by atoms with E-state index < -0.39 is 0 Å². The molecule has 0 heterocycles. The van der Waals surface area contributed by atoms with Gasteiger partial charge in [-0.3, -0.25) is 4.79 Å². The molecule has 0 aromatic heterocycles. The van der Waals surface area contributed by atoms with Gasteiger partial charge in [0.1, 0.15) is 6.10 Å². The molecule has 0 radical (unpaired) electrons. The Morgan fingerprint density at radius 3 is 2.21 bits per heavy atom. The predicted molar refractivity (Wildman–Crippen MR) is 145 cm³/mol. The number of ether oxygens (including phenoxy) is 2. The number of halogens is 1. The second-order valence-corrected chi connectivity index (χ2v) is 7.33. The summed E-state index contributed by atoms with van der Waals surface area (Å²) in [4.78, 5) is 18.9. The highest BCUT2D eigenvalue weighted by molar-refractivity contribution is 14.0. The van der Waals surface area contributed by atoms with Crippen LogP contribution in [0.5, 0.6) is 11.5 Å². The molecule has 8 heteroatoms. The molecule has 0 aliphatic heterocycles. The van der Waals surface area contributed by atoms with Crippen molar-refractivity contribution in [2.24, 2.45) is 4.99 Å². The SMILES string of the molecule is CCNC(=NCc1ccc(C(=O)N(CC)CC)cc1)NCC(C)Oc1ccccc1OC.I. The van der Waals surface area contributed by atoms with Gasteiger partial charge in [-0.2, -0.15) is 0 Å². The van der Waals surface area contributed by atoms with Crippen LogP contribution in [0.2, 0.25) is 0 Å². The summed E-state index contributed by atoms with van der Waals surface area (Å²) in [6, 6.07) is 15.3. The number of amides is 1. The van der Waals surface area contributed by atoms with Crippen LogP contribution in [0.3, 0.4) is 0 Å². The minimum absolute atomic E-state index is 0. The van der Waals surface area contributed by atoms with E-state index in [0.29, 0.717) is 49.2 Å². The summed E-state index contributed by atoms with van der Waals surface area (Å²) >= 11 is 0. The van der Waals surface area contributed by atoms with Crippen LogP contribution in [0.4, 0.5) is 0 Å². The maximum absolute atomic E-state index is 12.4. The number of benzene rings is 2. The molecule has 33 heavy (non-hydrogen) atoms. The lowest BCUT2D eigenvalue weighted by Gasteiger charge is -2.19. The fourth-order valence-electron chi connectivity index (χ4n) is 3.17. The van der Waals surface area contributed by atoms with Gasteiger partial charge in [0.15, 0.2) is 17.5 Å². The first-order chi connectivity index (χ1) is 15.5. The van der Waals surface area contributed by atoms with Crippen LogP contribution in [0, 0.1) is 0 Å². The highest BCUT2D eigenvalue weighted by atomic mass is 127. The lowest BCUT2D eigenvalue weighted by molar-refractivity contribution is 0.0773. The highest BCUT2D eigenvalue weighted by Gasteiger charge is 2.12. The van der Waals surface area contributed by atoms with E-state index in [9.17, 15) is 4.79 Å². The molecule has 0 aliphatic rings. The highest BCUT2D eigenvalue weighted by Crippen LogP contribution is 2.26.